The summed E-state index contributed by atoms with van der Waals surface area (Å²) in [6, 6.07) is 0. The van der Waals surface area contributed by atoms with Gasteiger partial charge < -0.3 is 14.2 Å². The van der Waals surface area contributed by atoms with Gasteiger partial charge >= 0.3 is 0 Å². The largest absolute Gasteiger partial charge is 0.364 e. The minimum atomic E-state index is 0.283. The van der Waals surface area contributed by atoms with Gasteiger partial charge in [0, 0.05) is 0 Å². The molecule has 0 bridgehead atoms. The average Bonchev–Trinajstić information content (AvgIpc) is 2.06. The molecule has 1 aliphatic rings. The molecule has 0 aliphatic carbocycles. The maximum absolute atomic E-state index is 2.33. The summed E-state index contributed by atoms with van der Waals surface area (Å²) in [6.45, 7) is 23.7. The lowest BCUT2D eigenvalue weighted by Gasteiger charge is -2.45. The highest BCUT2D eigenvalue weighted by atomic mass is 15.3. The first-order valence-corrected chi connectivity index (χ1v) is 8.06. The minimum absolute atomic E-state index is 0.283. The molecule has 0 amide bonds. The van der Waals surface area contributed by atoms with Crippen LogP contribution in [-0.2, 0) is 0 Å². The Bertz CT molecular complexity index is 270. The van der Waals surface area contributed by atoms with Gasteiger partial charge in [0.25, 0.3) is 22.6 Å². The molecule has 3 nitrogen and oxygen atoms in total. The van der Waals surface area contributed by atoms with E-state index >= 15 is 0 Å². The van der Waals surface area contributed by atoms with Crippen LogP contribution < -0.4 is 0 Å². The van der Waals surface area contributed by atoms with Gasteiger partial charge in [-0.05, 0) is 35.9 Å². The van der Waals surface area contributed by atoms with Crippen LogP contribution in [0.5, 0.6) is 0 Å². The van der Waals surface area contributed by atoms with Crippen molar-refractivity contribution in [2.45, 2.75) is 62.3 Å². The minimum Gasteiger partial charge on any atom is -0.364 e. The summed E-state index contributed by atoms with van der Waals surface area (Å²) in [5.74, 6) is 0. The molecular formula is C15H33B3N3. The van der Waals surface area contributed by atoms with E-state index in [9.17, 15) is 0 Å². The standard InChI is InChI=1S/C15H33B3N3/c1-13(2,3)10-19-16-20(11-14(4,5)6)18-21(17-19)12-15(7,8)9/h10-12H2,1-9H3. The highest BCUT2D eigenvalue weighted by Gasteiger charge is 2.33. The maximum Gasteiger partial charge on any atom is 0.290 e. The summed E-state index contributed by atoms with van der Waals surface area (Å²) in [6.07, 6.45) is 0. The molecular weight excluding hydrogens is 255 g/mol. The second-order valence-electron chi connectivity index (χ2n) is 10.0. The lowest BCUT2D eigenvalue weighted by atomic mass is 9.69. The fourth-order valence-corrected chi connectivity index (χ4v) is 2.55. The van der Waals surface area contributed by atoms with Gasteiger partial charge in [0.1, 0.15) is 0 Å². The molecule has 0 aromatic rings. The summed E-state index contributed by atoms with van der Waals surface area (Å²) in [4.78, 5) is 0. The Labute approximate surface area is 135 Å². The quantitative estimate of drug-likeness (QED) is 0.739. The molecule has 0 unspecified atom stereocenters. The third-order valence-corrected chi connectivity index (χ3v) is 2.86. The van der Waals surface area contributed by atoms with E-state index < -0.39 is 0 Å². The topological polar surface area (TPSA) is 9.72 Å². The molecule has 6 heteroatoms. The van der Waals surface area contributed by atoms with Crippen molar-refractivity contribution in [1.29, 1.82) is 0 Å². The van der Waals surface area contributed by atoms with Crippen molar-refractivity contribution in [3.05, 3.63) is 0 Å². The van der Waals surface area contributed by atoms with Crippen molar-refractivity contribution >= 4 is 22.6 Å². The highest BCUT2D eigenvalue weighted by Crippen LogP contribution is 2.21. The first kappa shape index (κ1) is 19.1. The highest BCUT2D eigenvalue weighted by molar-refractivity contribution is 6.64. The van der Waals surface area contributed by atoms with Crippen molar-refractivity contribution in [3.63, 3.8) is 0 Å². The summed E-state index contributed by atoms with van der Waals surface area (Å²) in [5.41, 5.74) is 0.849. The Morgan fingerprint density at radius 3 is 0.810 bits per heavy atom. The van der Waals surface area contributed by atoms with Gasteiger partial charge in [-0.3, -0.25) is 0 Å². The zero-order valence-corrected chi connectivity index (χ0v) is 15.7. The Morgan fingerprint density at radius 1 is 0.476 bits per heavy atom. The smallest absolute Gasteiger partial charge is 0.290 e. The van der Waals surface area contributed by atoms with E-state index in [0.29, 0.717) is 0 Å². The molecule has 21 heavy (non-hydrogen) atoms. The zero-order valence-electron chi connectivity index (χ0n) is 15.7. The number of hydrogen-bond acceptors (Lipinski definition) is 3. The lowest BCUT2D eigenvalue weighted by Crippen LogP contribution is -2.64. The predicted molar refractivity (Wildman–Crippen MR) is 95.7 cm³/mol. The molecule has 1 rings (SSSR count). The van der Waals surface area contributed by atoms with Crippen molar-refractivity contribution in [2.24, 2.45) is 16.2 Å². The summed E-state index contributed by atoms with van der Waals surface area (Å²) in [5, 5.41) is 0. The molecule has 0 aromatic carbocycles. The van der Waals surface area contributed by atoms with E-state index in [1.165, 1.54) is 0 Å². The normalized spacial score (nSPS) is 19.9. The molecule has 1 aliphatic heterocycles. The van der Waals surface area contributed by atoms with Crippen molar-refractivity contribution in [2.75, 3.05) is 19.6 Å². The first-order valence-electron chi connectivity index (χ1n) is 8.06. The van der Waals surface area contributed by atoms with Gasteiger partial charge in [-0.25, -0.2) is 0 Å². The van der Waals surface area contributed by atoms with Gasteiger partial charge in [-0.1, -0.05) is 62.3 Å². The maximum atomic E-state index is 2.33. The van der Waals surface area contributed by atoms with E-state index in [2.05, 4.69) is 99.1 Å². The Morgan fingerprint density at radius 2 is 0.667 bits per heavy atom. The van der Waals surface area contributed by atoms with Crippen LogP contribution in [0, 0.1) is 16.2 Å². The van der Waals surface area contributed by atoms with Crippen LogP contribution in [0.3, 0.4) is 0 Å². The first-order chi connectivity index (χ1) is 9.23. The van der Waals surface area contributed by atoms with Crippen LogP contribution in [0.4, 0.5) is 0 Å². The molecule has 1 fully saturated rings. The van der Waals surface area contributed by atoms with Gasteiger partial charge in [-0.15, -0.1) is 0 Å². The van der Waals surface area contributed by atoms with E-state index in [4.69, 9.17) is 0 Å². The second-order valence-corrected chi connectivity index (χ2v) is 10.0. The molecule has 0 atom stereocenters. The molecule has 0 aromatic heterocycles. The van der Waals surface area contributed by atoms with Gasteiger partial charge in [0.2, 0.25) is 0 Å². The van der Waals surface area contributed by atoms with E-state index in [-0.39, 0.29) is 16.2 Å². The van der Waals surface area contributed by atoms with Crippen molar-refractivity contribution < 1.29 is 0 Å². The van der Waals surface area contributed by atoms with Crippen LogP contribution in [0.15, 0.2) is 0 Å². The van der Waals surface area contributed by atoms with Crippen molar-refractivity contribution in [3.8, 4) is 0 Å². The molecule has 1 heterocycles. The van der Waals surface area contributed by atoms with Gasteiger partial charge in [0.15, 0.2) is 0 Å². The molecule has 0 spiro atoms. The Hall–Kier alpha value is 0.0748. The van der Waals surface area contributed by atoms with Crippen LogP contribution >= 0.6 is 0 Å². The zero-order chi connectivity index (χ0) is 16.5. The van der Waals surface area contributed by atoms with Gasteiger partial charge in [0.05, 0.1) is 0 Å². The Balaban J connectivity index is 2.73. The second kappa shape index (κ2) is 6.68. The van der Waals surface area contributed by atoms with E-state index in [1.807, 2.05) is 0 Å². The third-order valence-electron chi connectivity index (χ3n) is 2.86. The van der Waals surface area contributed by atoms with Crippen LogP contribution in [-0.4, -0.2) is 56.4 Å². The Kier molecular flexibility index (Phi) is 6.08. The monoisotopic (exact) mass is 288 g/mol. The molecule has 3 radical (unpaired) electrons. The summed E-state index contributed by atoms with van der Waals surface area (Å²) < 4.78 is 6.99. The fourth-order valence-electron chi connectivity index (χ4n) is 2.55. The molecule has 1 saturated heterocycles. The number of hydrogen-bond donors (Lipinski definition) is 0. The van der Waals surface area contributed by atoms with E-state index in [0.717, 1.165) is 19.6 Å². The third kappa shape index (κ3) is 8.95. The summed E-state index contributed by atoms with van der Waals surface area (Å²) >= 11 is 0. The fraction of sp³-hybridized carbons (Fsp3) is 1.00. The average molecular weight is 288 g/mol. The van der Waals surface area contributed by atoms with Crippen LogP contribution in [0.2, 0.25) is 0 Å². The van der Waals surface area contributed by atoms with E-state index in [1.54, 1.807) is 0 Å². The molecule has 0 saturated carbocycles. The summed E-state index contributed by atoms with van der Waals surface area (Å²) in [7, 11) is 6.74. The van der Waals surface area contributed by atoms with Crippen LogP contribution in [0.1, 0.15) is 62.3 Å². The number of rotatable bonds is 3. The molecule has 117 valence electrons. The number of nitrogens with zero attached hydrogens (tertiary/aromatic N) is 3. The van der Waals surface area contributed by atoms with Crippen LogP contribution in [0.25, 0.3) is 0 Å². The molecule has 0 N–H and O–H groups in total. The lowest BCUT2D eigenvalue weighted by molar-refractivity contribution is 0.286. The SMILES string of the molecule is CC(C)(C)CN1[B]N(CC(C)(C)C)[B]N(CC(C)(C)C)[B]1. The van der Waals surface area contributed by atoms with Crippen molar-refractivity contribution in [1.82, 2.24) is 14.2 Å². The predicted octanol–water partition coefficient (Wildman–Crippen LogP) is 2.65. The van der Waals surface area contributed by atoms with Gasteiger partial charge in [-0.2, -0.15) is 0 Å².